The van der Waals surface area contributed by atoms with Crippen LogP contribution in [0.25, 0.3) is 0 Å². The summed E-state index contributed by atoms with van der Waals surface area (Å²) in [5.74, 6) is 1.83. The molecule has 0 radical (unpaired) electrons. The summed E-state index contributed by atoms with van der Waals surface area (Å²) in [4.78, 5) is 0. The fourth-order valence-electron chi connectivity index (χ4n) is 6.70. The van der Waals surface area contributed by atoms with Gasteiger partial charge in [-0.25, -0.2) is 0 Å². The van der Waals surface area contributed by atoms with Crippen molar-refractivity contribution in [3.05, 3.63) is 29.8 Å². The Morgan fingerprint density at radius 3 is 1.79 bits per heavy atom. The first-order valence-corrected chi connectivity index (χ1v) is 12.9. The van der Waals surface area contributed by atoms with Crippen LogP contribution in [0.2, 0.25) is 0 Å². The maximum atomic E-state index is 13.0. The van der Waals surface area contributed by atoms with E-state index in [9.17, 15) is 26.3 Å². The molecule has 0 saturated heterocycles. The van der Waals surface area contributed by atoms with Crippen molar-refractivity contribution < 1.29 is 31.1 Å². The Hall–Kier alpha value is -1.40. The molecule has 0 aliphatic heterocycles. The van der Waals surface area contributed by atoms with Gasteiger partial charge in [0.2, 0.25) is 0 Å². The zero-order chi connectivity index (χ0) is 24.6. The Kier molecular flexibility index (Phi) is 7.50. The highest BCUT2D eigenvalue weighted by molar-refractivity contribution is 5.30. The minimum Gasteiger partial charge on any atom is -0.493 e. The highest BCUT2D eigenvalue weighted by Gasteiger charge is 2.83. The molecule has 192 valence electrons. The zero-order valence-electron chi connectivity index (χ0n) is 19.9. The molecular formula is C27H36F6O. The molecule has 3 saturated carbocycles. The Bertz CT molecular complexity index is 769. The molecule has 4 rings (SSSR count). The number of benzene rings is 1. The van der Waals surface area contributed by atoms with E-state index in [2.05, 4.69) is 6.92 Å². The third-order valence-corrected chi connectivity index (χ3v) is 8.95. The average Bonchev–Trinajstić information content (AvgIpc) is 3.56. The molecule has 1 aromatic rings. The van der Waals surface area contributed by atoms with E-state index in [1.54, 1.807) is 12.1 Å². The van der Waals surface area contributed by atoms with Gasteiger partial charge in [0.05, 0.1) is 6.61 Å². The molecule has 1 unspecified atom stereocenters. The Labute approximate surface area is 198 Å². The van der Waals surface area contributed by atoms with Gasteiger partial charge in [0.25, 0.3) is 0 Å². The van der Waals surface area contributed by atoms with Crippen LogP contribution < -0.4 is 4.74 Å². The SMILES string of the molecule is CCCC1CCC(C2CCC(c3ccc(OCC4CC4(C(F)(F)F)C(F)(F)F)cc3)CC2)CC1. The van der Waals surface area contributed by atoms with E-state index in [0.717, 1.165) is 30.6 Å². The summed E-state index contributed by atoms with van der Waals surface area (Å²) in [7, 11) is 0. The van der Waals surface area contributed by atoms with Gasteiger partial charge >= 0.3 is 12.4 Å². The summed E-state index contributed by atoms with van der Waals surface area (Å²) < 4.78 is 83.6. The third kappa shape index (κ3) is 5.23. The van der Waals surface area contributed by atoms with Gasteiger partial charge in [-0.3, -0.25) is 0 Å². The maximum absolute atomic E-state index is 13.0. The number of ether oxygens (including phenoxy) is 1. The monoisotopic (exact) mass is 490 g/mol. The first kappa shape index (κ1) is 25.7. The maximum Gasteiger partial charge on any atom is 0.403 e. The van der Waals surface area contributed by atoms with Crippen molar-refractivity contribution in [1.82, 2.24) is 0 Å². The molecule has 3 aliphatic carbocycles. The number of alkyl halides is 6. The predicted molar refractivity (Wildman–Crippen MR) is 120 cm³/mol. The lowest BCUT2D eigenvalue weighted by atomic mass is 9.68. The molecule has 7 heteroatoms. The molecular weight excluding hydrogens is 454 g/mol. The molecule has 3 fully saturated rings. The van der Waals surface area contributed by atoms with Crippen LogP contribution in [0.1, 0.15) is 89.0 Å². The van der Waals surface area contributed by atoms with Crippen LogP contribution in [-0.2, 0) is 0 Å². The topological polar surface area (TPSA) is 9.23 Å². The molecule has 3 aliphatic rings. The first-order chi connectivity index (χ1) is 16.0. The number of hydrogen-bond donors (Lipinski definition) is 0. The quantitative estimate of drug-likeness (QED) is 0.346. The fourth-order valence-corrected chi connectivity index (χ4v) is 6.70. The largest absolute Gasteiger partial charge is 0.493 e. The van der Waals surface area contributed by atoms with Crippen LogP contribution >= 0.6 is 0 Å². The second-order valence-electron chi connectivity index (χ2n) is 10.9. The van der Waals surface area contributed by atoms with Crippen molar-refractivity contribution in [3.63, 3.8) is 0 Å². The van der Waals surface area contributed by atoms with Crippen LogP contribution in [0.3, 0.4) is 0 Å². The van der Waals surface area contributed by atoms with E-state index in [4.69, 9.17) is 4.74 Å². The van der Waals surface area contributed by atoms with E-state index in [0.29, 0.717) is 11.7 Å². The van der Waals surface area contributed by atoms with Crippen LogP contribution in [0.5, 0.6) is 5.75 Å². The lowest BCUT2D eigenvalue weighted by Gasteiger charge is -2.38. The number of rotatable bonds is 7. The summed E-state index contributed by atoms with van der Waals surface area (Å²) >= 11 is 0. The van der Waals surface area contributed by atoms with Crippen LogP contribution in [0, 0.1) is 29.1 Å². The van der Waals surface area contributed by atoms with E-state index in [1.807, 2.05) is 12.1 Å². The normalized spacial score (nSPS) is 31.8. The van der Waals surface area contributed by atoms with Gasteiger partial charge < -0.3 is 4.74 Å². The molecule has 0 spiro atoms. The van der Waals surface area contributed by atoms with Crippen molar-refractivity contribution >= 4 is 0 Å². The summed E-state index contributed by atoms with van der Waals surface area (Å²) in [6, 6.07) is 7.21. The molecule has 34 heavy (non-hydrogen) atoms. The molecule has 1 atom stereocenters. The van der Waals surface area contributed by atoms with E-state index in [-0.39, 0.29) is 0 Å². The van der Waals surface area contributed by atoms with E-state index < -0.39 is 36.7 Å². The highest BCUT2D eigenvalue weighted by Crippen LogP contribution is 2.70. The van der Waals surface area contributed by atoms with Crippen molar-refractivity contribution in [2.75, 3.05) is 6.61 Å². The lowest BCUT2D eigenvalue weighted by Crippen LogP contribution is -2.41. The summed E-state index contributed by atoms with van der Waals surface area (Å²) in [6.45, 7) is 1.69. The minimum atomic E-state index is -5.31. The summed E-state index contributed by atoms with van der Waals surface area (Å²) in [5, 5.41) is 0. The standard InChI is InChI=1S/C27H36F6O/c1-2-3-18-4-6-19(7-5-18)20-8-10-21(11-9-20)22-12-14-24(15-13-22)34-17-23-16-25(23,26(28,29)30)27(31,32)33/h12-15,18-21,23H,2-11,16-17H2,1H3. The van der Waals surface area contributed by atoms with Crippen molar-refractivity contribution in [2.24, 2.45) is 29.1 Å². The molecule has 0 N–H and O–H groups in total. The second kappa shape index (κ2) is 9.93. The number of halogens is 6. The van der Waals surface area contributed by atoms with Gasteiger partial charge in [0, 0.05) is 5.92 Å². The molecule has 0 amide bonds. The number of hydrogen-bond acceptors (Lipinski definition) is 1. The van der Waals surface area contributed by atoms with Crippen molar-refractivity contribution in [3.8, 4) is 5.75 Å². The van der Waals surface area contributed by atoms with Gasteiger partial charge in [0.1, 0.15) is 5.75 Å². The fraction of sp³-hybridized carbons (Fsp3) is 0.778. The summed E-state index contributed by atoms with van der Waals surface area (Å²) in [6.07, 6.45) is 1.35. The Balaban J connectivity index is 1.24. The Morgan fingerprint density at radius 2 is 1.32 bits per heavy atom. The highest BCUT2D eigenvalue weighted by atomic mass is 19.4. The predicted octanol–water partition coefficient (Wildman–Crippen LogP) is 9.08. The summed E-state index contributed by atoms with van der Waals surface area (Å²) in [5.41, 5.74) is -2.43. The second-order valence-corrected chi connectivity index (χ2v) is 10.9. The van der Waals surface area contributed by atoms with Crippen LogP contribution in [0.15, 0.2) is 24.3 Å². The van der Waals surface area contributed by atoms with E-state index in [1.165, 1.54) is 56.9 Å². The third-order valence-electron chi connectivity index (χ3n) is 8.95. The smallest absolute Gasteiger partial charge is 0.403 e. The molecule has 0 heterocycles. The van der Waals surface area contributed by atoms with Crippen LogP contribution in [-0.4, -0.2) is 19.0 Å². The van der Waals surface area contributed by atoms with Gasteiger partial charge in [-0.1, -0.05) is 44.7 Å². The minimum absolute atomic E-state index is 0.325. The molecule has 0 aromatic heterocycles. The van der Waals surface area contributed by atoms with Gasteiger partial charge in [-0.15, -0.1) is 0 Å². The molecule has 0 bridgehead atoms. The van der Waals surface area contributed by atoms with E-state index >= 15 is 0 Å². The zero-order valence-corrected chi connectivity index (χ0v) is 19.9. The van der Waals surface area contributed by atoms with Crippen LogP contribution in [0.4, 0.5) is 26.3 Å². The Morgan fingerprint density at radius 1 is 0.794 bits per heavy atom. The molecule has 1 aromatic carbocycles. The van der Waals surface area contributed by atoms with Gasteiger partial charge in [0.15, 0.2) is 5.41 Å². The first-order valence-electron chi connectivity index (χ1n) is 12.9. The van der Waals surface area contributed by atoms with Crippen molar-refractivity contribution in [1.29, 1.82) is 0 Å². The van der Waals surface area contributed by atoms with Gasteiger partial charge in [-0.2, -0.15) is 26.3 Å². The van der Waals surface area contributed by atoms with Gasteiger partial charge in [-0.05, 0) is 86.3 Å². The average molecular weight is 491 g/mol. The molecule has 1 nitrogen and oxygen atoms in total. The lowest BCUT2D eigenvalue weighted by molar-refractivity contribution is -0.306. The van der Waals surface area contributed by atoms with Crippen molar-refractivity contribution in [2.45, 2.75) is 95.8 Å².